The van der Waals surface area contributed by atoms with Crippen LogP contribution in [0.5, 0.6) is 0 Å². The molecule has 5 heteroatoms. The normalized spacial score (nSPS) is 10.2. The smallest absolute Gasteiger partial charge is 0.356 e. The van der Waals surface area contributed by atoms with E-state index in [1.165, 1.54) is 10.7 Å². The summed E-state index contributed by atoms with van der Waals surface area (Å²) in [6.45, 7) is 1.91. The third-order valence-corrected chi connectivity index (χ3v) is 1.93. The molecule has 0 saturated carbocycles. The summed E-state index contributed by atoms with van der Waals surface area (Å²) in [6, 6.07) is 3.33. The van der Waals surface area contributed by atoms with E-state index in [9.17, 15) is 4.79 Å². The number of aryl methyl sites for hydroxylation is 1. The third kappa shape index (κ3) is 1.85. The molecule has 0 aliphatic rings. The Labute approximate surface area is 86.0 Å². The highest BCUT2D eigenvalue weighted by molar-refractivity contribution is 5.85. The molecule has 2 aromatic rings. The molecule has 0 spiro atoms. The van der Waals surface area contributed by atoms with Gasteiger partial charge >= 0.3 is 5.97 Å². The molecule has 5 nitrogen and oxygen atoms in total. The van der Waals surface area contributed by atoms with Crippen molar-refractivity contribution >= 4 is 5.97 Å². The molecule has 0 aliphatic heterocycles. The van der Waals surface area contributed by atoms with Crippen LogP contribution in [0.25, 0.3) is 5.69 Å². The molecule has 0 radical (unpaired) electrons. The number of hydrogen-bond acceptors (Lipinski definition) is 3. The molecule has 0 atom stereocenters. The lowest BCUT2D eigenvalue weighted by Crippen LogP contribution is -2.01. The fourth-order valence-corrected chi connectivity index (χ4v) is 1.25. The number of carbonyl (C=O) groups is 1. The Morgan fingerprint density at radius 1 is 1.47 bits per heavy atom. The second kappa shape index (κ2) is 3.53. The highest BCUT2D eigenvalue weighted by Crippen LogP contribution is 2.07. The van der Waals surface area contributed by atoms with E-state index in [2.05, 4.69) is 10.1 Å². The summed E-state index contributed by atoms with van der Waals surface area (Å²) < 4.78 is 1.49. The molecule has 0 unspecified atom stereocenters. The van der Waals surface area contributed by atoms with Crippen LogP contribution in [-0.2, 0) is 0 Å². The number of nitrogens with zero attached hydrogens (tertiary/aromatic N) is 3. The van der Waals surface area contributed by atoms with Crippen LogP contribution in [0.15, 0.2) is 30.7 Å². The van der Waals surface area contributed by atoms with Crippen molar-refractivity contribution in [1.82, 2.24) is 14.8 Å². The van der Waals surface area contributed by atoms with Crippen LogP contribution in [-0.4, -0.2) is 25.8 Å². The van der Waals surface area contributed by atoms with Gasteiger partial charge in [-0.2, -0.15) is 5.10 Å². The van der Waals surface area contributed by atoms with Crippen molar-refractivity contribution in [3.05, 3.63) is 42.0 Å². The van der Waals surface area contributed by atoms with Crippen LogP contribution in [0, 0.1) is 6.92 Å². The first-order valence-electron chi connectivity index (χ1n) is 4.38. The molecule has 0 fully saturated rings. The topological polar surface area (TPSA) is 68.0 Å². The molecule has 2 rings (SSSR count). The van der Waals surface area contributed by atoms with E-state index < -0.39 is 5.97 Å². The predicted molar refractivity (Wildman–Crippen MR) is 53.1 cm³/mol. The zero-order valence-electron chi connectivity index (χ0n) is 8.08. The Morgan fingerprint density at radius 3 is 2.87 bits per heavy atom. The lowest BCUT2D eigenvalue weighted by molar-refractivity contribution is 0.0690. The first-order chi connectivity index (χ1) is 7.16. The maximum absolute atomic E-state index is 10.6. The van der Waals surface area contributed by atoms with Crippen LogP contribution in [0.1, 0.15) is 16.1 Å². The minimum absolute atomic E-state index is 0.0245. The van der Waals surface area contributed by atoms with Gasteiger partial charge in [-0.25, -0.2) is 9.48 Å². The number of hydrogen-bond donors (Lipinski definition) is 1. The highest BCUT2D eigenvalue weighted by Gasteiger charge is 2.07. The molecule has 0 amide bonds. The second-order valence-corrected chi connectivity index (χ2v) is 3.17. The van der Waals surface area contributed by atoms with Crippen LogP contribution in [0.3, 0.4) is 0 Å². The second-order valence-electron chi connectivity index (χ2n) is 3.17. The summed E-state index contributed by atoms with van der Waals surface area (Å²) in [5.41, 5.74) is 1.78. The maximum atomic E-state index is 10.6. The molecule has 1 N–H and O–H groups in total. The number of pyridine rings is 1. The van der Waals surface area contributed by atoms with Crippen LogP contribution in [0.4, 0.5) is 0 Å². The van der Waals surface area contributed by atoms with Gasteiger partial charge in [0.1, 0.15) is 0 Å². The van der Waals surface area contributed by atoms with Gasteiger partial charge in [-0.3, -0.25) is 4.98 Å². The average molecular weight is 203 g/mol. The van der Waals surface area contributed by atoms with Crippen molar-refractivity contribution in [2.24, 2.45) is 0 Å². The lowest BCUT2D eigenvalue weighted by atomic mass is 10.3. The summed E-state index contributed by atoms with van der Waals surface area (Å²) in [4.78, 5) is 14.6. The number of aromatic carboxylic acids is 1. The fourth-order valence-electron chi connectivity index (χ4n) is 1.25. The number of carboxylic acids is 1. The van der Waals surface area contributed by atoms with Crippen molar-refractivity contribution in [2.45, 2.75) is 6.92 Å². The molecular weight excluding hydrogens is 194 g/mol. The fraction of sp³-hybridized carbons (Fsp3) is 0.100. The largest absolute Gasteiger partial charge is 0.476 e. The Hall–Kier alpha value is -2.17. The zero-order valence-corrected chi connectivity index (χ0v) is 8.08. The Kier molecular flexibility index (Phi) is 2.21. The van der Waals surface area contributed by atoms with E-state index in [0.29, 0.717) is 0 Å². The van der Waals surface area contributed by atoms with E-state index in [1.54, 1.807) is 18.6 Å². The molecule has 0 aliphatic carbocycles. The Bertz CT molecular complexity index is 505. The van der Waals surface area contributed by atoms with Gasteiger partial charge in [0.25, 0.3) is 0 Å². The molecule has 15 heavy (non-hydrogen) atoms. The van der Waals surface area contributed by atoms with Gasteiger partial charge in [0.05, 0.1) is 11.9 Å². The molecule has 0 aromatic carbocycles. The van der Waals surface area contributed by atoms with Crippen LogP contribution >= 0.6 is 0 Å². The van der Waals surface area contributed by atoms with Gasteiger partial charge < -0.3 is 5.11 Å². The van der Waals surface area contributed by atoms with Gasteiger partial charge in [-0.15, -0.1) is 0 Å². The van der Waals surface area contributed by atoms with Gasteiger partial charge in [-0.05, 0) is 24.6 Å². The highest BCUT2D eigenvalue weighted by atomic mass is 16.4. The van der Waals surface area contributed by atoms with Gasteiger partial charge in [0, 0.05) is 12.4 Å². The summed E-state index contributed by atoms with van der Waals surface area (Å²) in [5, 5.41) is 12.6. The summed E-state index contributed by atoms with van der Waals surface area (Å²) >= 11 is 0. The van der Waals surface area contributed by atoms with Crippen molar-refractivity contribution in [1.29, 1.82) is 0 Å². The summed E-state index contributed by atoms with van der Waals surface area (Å²) in [5.74, 6) is -1.03. The van der Waals surface area contributed by atoms with Crippen molar-refractivity contribution in [3.8, 4) is 5.69 Å². The van der Waals surface area contributed by atoms with E-state index in [4.69, 9.17) is 5.11 Å². The lowest BCUT2D eigenvalue weighted by Gasteiger charge is -2.00. The Balaban J connectivity index is 2.41. The molecule has 0 saturated heterocycles. The quantitative estimate of drug-likeness (QED) is 0.798. The van der Waals surface area contributed by atoms with Crippen molar-refractivity contribution in [2.75, 3.05) is 0 Å². The van der Waals surface area contributed by atoms with Crippen LogP contribution in [0.2, 0.25) is 0 Å². The maximum Gasteiger partial charge on any atom is 0.356 e. The predicted octanol–water partition coefficient (Wildman–Crippen LogP) is 1.27. The van der Waals surface area contributed by atoms with Crippen LogP contribution < -0.4 is 0 Å². The standard InChI is InChI=1S/C10H9N3O2/c1-7-4-8(6-11-5-7)13-3-2-9(12-13)10(14)15/h2-6H,1H3,(H,14,15). The number of carboxylic acid groups (broad SMARTS) is 1. The minimum atomic E-state index is -1.03. The van der Waals surface area contributed by atoms with E-state index in [-0.39, 0.29) is 5.69 Å². The third-order valence-electron chi connectivity index (χ3n) is 1.93. The van der Waals surface area contributed by atoms with Crippen molar-refractivity contribution in [3.63, 3.8) is 0 Å². The first-order valence-corrected chi connectivity index (χ1v) is 4.38. The first kappa shape index (κ1) is 9.39. The van der Waals surface area contributed by atoms with Gasteiger partial charge in [0.15, 0.2) is 5.69 Å². The van der Waals surface area contributed by atoms with E-state index in [0.717, 1.165) is 11.3 Å². The number of aromatic nitrogens is 3. The number of rotatable bonds is 2. The monoisotopic (exact) mass is 203 g/mol. The molecular formula is C10H9N3O2. The molecule has 2 heterocycles. The summed E-state index contributed by atoms with van der Waals surface area (Å²) in [7, 11) is 0. The molecule has 76 valence electrons. The average Bonchev–Trinajstić information content (AvgIpc) is 2.66. The SMILES string of the molecule is Cc1cncc(-n2ccc(C(=O)O)n2)c1. The summed E-state index contributed by atoms with van der Waals surface area (Å²) in [6.07, 6.45) is 4.96. The van der Waals surface area contributed by atoms with Gasteiger partial charge in [-0.1, -0.05) is 0 Å². The molecule has 2 aromatic heterocycles. The van der Waals surface area contributed by atoms with Gasteiger partial charge in [0.2, 0.25) is 0 Å². The van der Waals surface area contributed by atoms with Crippen molar-refractivity contribution < 1.29 is 9.90 Å². The zero-order chi connectivity index (χ0) is 10.8. The van der Waals surface area contributed by atoms with E-state index in [1.807, 2.05) is 13.0 Å². The minimum Gasteiger partial charge on any atom is -0.476 e. The molecule has 0 bridgehead atoms. The Morgan fingerprint density at radius 2 is 2.27 bits per heavy atom. The van der Waals surface area contributed by atoms with E-state index >= 15 is 0 Å².